The summed E-state index contributed by atoms with van der Waals surface area (Å²) in [4.78, 5) is 0.606. The lowest BCUT2D eigenvalue weighted by molar-refractivity contribution is -0.137. The molecule has 0 amide bonds. The van der Waals surface area contributed by atoms with E-state index < -0.39 is 11.7 Å². The van der Waals surface area contributed by atoms with Crippen molar-refractivity contribution in [3.8, 4) is 0 Å². The lowest BCUT2D eigenvalue weighted by Gasteiger charge is -2.14. The number of alkyl halides is 3. The van der Waals surface area contributed by atoms with Crippen LogP contribution in [0, 0.1) is 0 Å². The molecule has 0 fully saturated rings. The maximum atomic E-state index is 12.6. The number of benzene rings is 2. The van der Waals surface area contributed by atoms with Crippen molar-refractivity contribution in [1.82, 2.24) is 0 Å². The molecule has 0 spiro atoms. The summed E-state index contributed by atoms with van der Waals surface area (Å²) in [7, 11) is 0. The molecule has 0 radical (unpaired) electrons. The monoisotopic (exact) mass is 312 g/mol. The zero-order valence-electron chi connectivity index (χ0n) is 11.1. The van der Waals surface area contributed by atoms with E-state index in [1.165, 1.54) is 17.8 Å². The molecule has 0 aliphatic rings. The van der Waals surface area contributed by atoms with Crippen molar-refractivity contribution in [2.75, 3.05) is 11.5 Å². The number of rotatable bonds is 4. The third-order valence-corrected chi connectivity index (χ3v) is 4.19. The Labute approximate surface area is 125 Å². The van der Waals surface area contributed by atoms with Gasteiger partial charge in [-0.3, -0.25) is 0 Å². The maximum Gasteiger partial charge on any atom is 0.416 e. The number of anilines is 1. The van der Waals surface area contributed by atoms with Crippen molar-refractivity contribution < 1.29 is 13.2 Å². The molecule has 0 saturated carbocycles. The molecule has 1 atom stereocenters. The highest BCUT2D eigenvalue weighted by Crippen LogP contribution is 2.35. The highest BCUT2D eigenvalue weighted by atomic mass is 32.2. The minimum Gasteiger partial charge on any atom is -0.398 e. The Balaban J connectivity index is 2.04. The van der Waals surface area contributed by atoms with Gasteiger partial charge in [0.05, 0.1) is 5.56 Å². The van der Waals surface area contributed by atoms with Crippen LogP contribution in [0.15, 0.2) is 53.4 Å². The van der Waals surface area contributed by atoms with E-state index in [9.17, 15) is 13.2 Å². The topological polar surface area (TPSA) is 52.0 Å². The third kappa shape index (κ3) is 4.15. The normalized spacial score (nSPS) is 13.1. The van der Waals surface area contributed by atoms with Crippen molar-refractivity contribution in [3.05, 3.63) is 59.7 Å². The van der Waals surface area contributed by atoms with E-state index in [1.807, 2.05) is 30.3 Å². The fourth-order valence-electron chi connectivity index (χ4n) is 1.83. The van der Waals surface area contributed by atoms with E-state index in [1.54, 1.807) is 0 Å². The van der Waals surface area contributed by atoms with Crippen LogP contribution in [0.2, 0.25) is 0 Å². The van der Waals surface area contributed by atoms with Gasteiger partial charge >= 0.3 is 6.18 Å². The Hall–Kier alpha value is -1.66. The highest BCUT2D eigenvalue weighted by Gasteiger charge is 2.30. The molecule has 0 saturated heterocycles. The van der Waals surface area contributed by atoms with Crippen molar-refractivity contribution in [2.45, 2.75) is 17.1 Å². The summed E-state index contributed by atoms with van der Waals surface area (Å²) < 4.78 is 37.7. The second-order valence-electron chi connectivity index (χ2n) is 4.58. The first-order valence-electron chi connectivity index (χ1n) is 6.28. The van der Waals surface area contributed by atoms with E-state index >= 15 is 0 Å². The fourth-order valence-corrected chi connectivity index (χ4v) is 2.77. The molecular formula is C15H15F3N2S. The molecule has 2 nitrogen and oxygen atoms in total. The van der Waals surface area contributed by atoms with Crippen LogP contribution in [0.25, 0.3) is 0 Å². The lowest BCUT2D eigenvalue weighted by Crippen LogP contribution is -2.13. The Bertz CT molecular complexity index is 600. The van der Waals surface area contributed by atoms with E-state index in [0.717, 1.165) is 17.7 Å². The maximum absolute atomic E-state index is 12.6. The molecule has 2 aromatic rings. The molecule has 0 heterocycles. The van der Waals surface area contributed by atoms with E-state index in [-0.39, 0.29) is 11.7 Å². The smallest absolute Gasteiger partial charge is 0.398 e. The van der Waals surface area contributed by atoms with Gasteiger partial charge in [0.1, 0.15) is 0 Å². The van der Waals surface area contributed by atoms with Gasteiger partial charge in [-0.1, -0.05) is 30.3 Å². The number of thioether (sulfide) groups is 1. The van der Waals surface area contributed by atoms with Gasteiger partial charge in [0, 0.05) is 22.4 Å². The minimum absolute atomic E-state index is 0.120. The summed E-state index contributed by atoms with van der Waals surface area (Å²) in [5.74, 6) is 0.541. The van der Waals surface area contributed by atoms with Gasteiger partial charge < -0.3 is 11.5 Å². The summed E-state index contributed by atoms with van der Waals surface area (Å²) >= 11 is 1.35. The van der Waals surface area contributed by atoms with Crippen LogP contribution in [0.1, 0.15) is 17.2 Å². The van der Waals surface area contributed by atoms with Crippen molar-refractivity contribution >= 4 is 17.4 Å². The quantitative estimate of drug-likeness (QED) is 0.660. The van der Waals surface area contributed by atoms with Crippen LogP contribution >= 0.6 is 11.8 Å². The molecule has 0 aliphatic carbocycles. The number of halogens is 3. The molecule has 21 heavy (non-hydrogen) atoms. The largest absolute Gasteiger partial charge is 0.416 e. The van der Waals surface area contributed by atoms with Gasteiger partial charge in [-0.25, -0.2) is 0 Å². The fraction of sp³-hybridized carbons (Fsp3) is 0.200. The molecule has 0 aliphatic heterocycles. The summed E-state index contributed by atoms with van der Waals surface area (Å²) in [5.41, 5.74) is 12.1. The Morgan fingerprint density at radius 2 is 1.71 bits per heavy atom. The summed E-state index contributed by atoms with van der Waals surface area (Å²) in [6.07, 6.45) is -4.38. The average molecular weight is 312 g/mol. The van der Waals surface area contributed by atoms with Crippen LogP contribution in [0.5, 0.6) is 0 Å². The van der Waals surface area contributed by atoms with Gasteiger partial charge in [-0.05, 0) is 23.8 Å². The third-order valence-electron chi connectivity index (χ3n) is 2.98. The van der Waals surface area contributed by atoms with E-state index in [0.29, 0.717) is 10.6 Å². The van der Waals surface area contributed by atoms with E-state index in [2.05, 4.69) is 0 Å². The van der Waals surface area contributed by atoms with Crippen LogP contribution in [0.3, 0.4) is 0 Å². The van der Waals surface area contributed by atoms with Crippen molar-refractivity contribution in [3.63, 3.8) is 0 Å². The molecule has 0 aromatic heterocycles. The standard InChI is InChI=1S/C15H15F3N2S/c16-15(17,18)11-6-7-14(12(19)8-11)21-9-13(20)10-4-2-1-3-5-10/h1-8,13H,9,19-20H2. The molecule has 0 bridgehead atoms. The molecule has 6 heteroatoms. The zero-order chi connectivity index (χ0) is 15.5. The average Bonchev–Trinajstić information content (AvgIpc) is 2.45. The Kier molecular flexibility index (Phi) is 4.80. The number of nitrogens with two attached hydrogens (primary N) is 2. The second kappa shape index (κ2) is 6.41. The first kappa shape index (κ1) is 15.7. The first-order valence-corrected chi connectivity index (χ1v) is 7.26. The first-order chi connectivity index (χ1) is 9.88. The van der Waals surface area contributed by atoms with Crippen molar-refractivity contribution in [2.24, 2.45) is 5.73 Å². The predicted molar refractivity (Wildman–Crippen MR) is 80.0 cm³/mol. The predicted octanol–water partition coefficient (Wildman–Crippen LogP) is 4.08. The van der Waals surface area contributed by atoms with Crippen LogP contribution in [-0.4, -0.2) is 5.75 Å². The Morgan fingerprint density at radius 3 is 2.29 bits per heavy atom. The number of hydrogen-bond acceptors (Lipinski definition) is 3. The zero-order valence-corrected chi connectivity index (χ0v) is 11.9. The van der Waals surface area contributed by atoms with Gasteiger partial charge in [0.25, 0.3) is 0 Å². The van der Waals surface area contributed by atoms with Gasteiger partial charge in [-0.15, -0.1) is 11.8 Å². The lowest BCUT2D eigenvalue weighted by atomic mass is 10.1. The summed E-state index contributed by atoms with van der Waals surface area (Å²) in [5, 5.41) is 0. The minimum atomic E-state index is -4.38. The SMILES string of the molecule is Nc1cc(C(F)(F)F)ccc1SCC(N)c1ccccc1. The second-order valence-corrected chi connectivity index (χ2v) is 5.64. The summed E-state index contributed by atoms with van der Waals surface area (Å²) in [6, 6.07) is 12.7. The van der Waals surface area contributed by atoms with E-state index in [4.69, 9.17) is 11.5 Å². The highest BCUT2D eigenvalue weighted by molar-refractivity contribution is 7.99. The summed E-state index contributed by atoms with van der Waals surface area (Å²) in [6.45, 7) is 0. The van der Waals surface area contributed by atoms with Gasteiger partial charge in [-0.2, -0.15) is 13.2 Å². The molecular weight excluding hydrogens is 297 g/mol. The molecule has 2 rings (SSSR count). The van der Waals surface area contributed by atoms with Gasteiger partial charge in [0.15, 0.2) is 0 Å². The van der Waals surface area contributed by atoms with Crippen molar-refractivity contribution in [1.29, 1.82) is 0 Å². The molecule has 1 unspecified atom stereocenters. The molecule has 112 valence electrons. The molecule has 4 N–H and O–H groups in total. The van der Waals surface area contributed by atoms with Crippen LogP contribution in [-0.2, 0) is 6.18 Å². The number of nitrogen functional groups attached to an aromatic ring is 1. The number of hydrogen-bond donors (Lipinski definition) is 2. The van der Waals surface area contributed by atoms with Crippen LogP contribution < -0.4 is 11.5 Å². The Morgan fingerprint density at radius 1 is 1.05 bits per heavy atom. The van der Waals surface area contributed by atoms with Gasteiger partial charge in [0.2, 0.25) is 0 Å². The van der Waals surface area contributed by atoms with Crippen LogP contribution in [0.4, 0.5) is 18.9 Å². The molecule has 2 aromatic carbocycles.